The van der Waals surface area contributed by atoms with E-state index in [1.165, 1.54) is 0 Å². The first-order chi connectivity index (χ1) is 16.3. The summed E-state index contributed by atoms with van der Waals surface area (Å²) in [7, 11) is 0. The van der Waals surface area contributed by atoms with Gasteiger partial charge in [0.2, 0.25) is 0 Å². The predicted molar refractivity (Wildman–Crippen MR) is 126 cm³/mol. The lowest BCUT2D eigenvalue weighted by Crippen LogP contribution is -2.65. The summed E-state index contributed by atoms with van der Waals surface area (Å²) >= 11 is 0. The fourth-order valence-electron chi connectivity index (χ4n) is 3.77. The van der Waals surface area contributed by atoms with E-state index in [0.29, 0.717) is 32.2 Å². The topological polar surface area (TPSA) is 108 Å². The third-order valence-corrected chi connectivity index (χ3v) is 5.43. The quantitative estimate of drug-likeness (QED) is 0.252. The number of hydrogen-bond donors (Lipinski definition) is 0. The Morgan fingerprint density at radius 1 is 0.618 bits per heavy atom. The molecule has 0 aromatic rings. The summed E-state index contributed by atoms with van der Waals surface area (Å²) in [4.78, 5) is 51.8. The molecule has 0 spiro atoms. The average molecular weight is 486 g/mol. The zero-order valence-electron chi connectivity index (χ0n) is 21.5. The van der Waals surface area contributed by atoms with Gasteiger partial charge in [0, 0.05) is 38.8 Å². The van der Waals surface area contributed by atoms with E-state index in [1.807, 2.05) is 39.5 Å². The van der Waals surface area contributed by atoms with Crippen LogP contribution in [0.2, 0.25) is 0 Å². The Kier molecular flexibility index (Phi) is 14.5. The van der Waals surface area contributed by atoms with E-state index >= 15 is 0 Å². The molecule has 1 heterocycles. The molecule has 0 aliphatic carbocycles. The third kappa shape index (κ3) is 9.99. The van der Waals surface area contributed by atoms with Gasteiger partial charge in [-0.3, -0.25) is 24.1 Å². The smallest absolute Gasteiger partial charge is 0.307 e. The van der Waals surface area contributed by atoms with E-state index in [9.17, 15) is 19.2 Å². The number of likely N-dealkylation sites (tertiary alicyclic amines) is 1. The maximum Gasteiger partial charge on any atom is 0.307 e. The molecule has 196 valence electrons. The molecule has 1 fully saturated rings. The molecule has 1 aliphatic heterocycles. The molecule has 0 radical (unpaired) electrons. The average Bonchev–Trinajstić information content (AvgIpc) is 2.77. The minimum absolute atomic E-state index is 0.164. The molecule has 1 saturated heterocycles. The van der Waals surface area contributed by atoms with Crippen LogP contribution in [-0.4, -0.2) is 66.4 Å². The van der Waals surface area contributed by atoms with Crippen LogP contribution in [0.3, 0.4) is 0 Å². The fourth-order valence-corrected chi connectivity index (χ4v) is 3.77. The summed E-state index contributed by atoms with van der Waals surface area (Å²) in [6, 6.07) is 0. The first-order valence-electron chi connectivity index (χ1n) is 12.8. The predicted octanol–water partition coefficient (Wildman–Crippen LogP) is 3.91. The van der Waals surface area contributed by atoms with Gasteiger partial charge < -0.3 is 18.9 Å². The van der Waals surface area contributed by atoms with Crippen molar-refractivity contribution in [2.45, 2.75) is 123 Å². The maximum absolute atomic E-state index is 12.5. The zero-order chi connectivity index (χ0) is 25.5. The van der Waals surface area contributed by atoms with Crippen molar-refractivity contribution in [1.82, 2.24) is 4.90 Å². The number of esters is 4. The Hall–Kier alpha value is -2.16. The summed E-state index contributed by atoms with van der Waals surface area (Å²) < 4.78 is 23.0. The molecule has 0 bridgehead atoms. The molecule has 0 aromatic heterocycles. The van der Waals surface area contributed by atoms with Crippen molar-refractivity contribution in [3.8, 4) is 0 Å². The first kappa shape index (κ1) is 29.9. The largest absolute Gasteiger partial charge is 0.457 e. The Morgan fingerprint density at radius 3 is 1.53 bits per heavy atom. The molecule has 1 aliphatic rings. The van der Waals surface area contributed by atoms with E-state index in [2.05, 4.69) is 0 Å². The van der Waals surface area contributed by atoms with Gasteiger partial charge in [0.1, 0.15) is 0 Å². The van der Waals surface area contributed by atoms with E-state index < -0.39 is 48.4 Å². The van der Waals surface area contributed by atoms with E-state index in [1.54, 1.807) is 0 Å². The van der Waals surface area contributed by atoms with E-state index in [0.717, 1.165) is 12.8 Å². The standard InChI is InChI=1S/C25H43NO8/c1-6-11-16-26-17-18(31-19(27)12-7-2)23(32-20(28)13-8-3)24(33-21(29)14-9-4)25(26)34-22(30)15-10-5/h18,23-25H,6-17H2,1-5H3/t18-,23+,24-,25+/m0/s1. The molecule has 0 N–H and O–H groups in total. The molecule has 0 unspecified atom stereocenters. The second-order valence-electron chi connectivity index (χ2n) is 8.67. The Labute approximate surface area is 203 Å². The van der Waals surface area contributed by atoms with Crippen molar-refractivity contribution < 1.29 is 38.1 Å². The van der Waals surface area contributed by atoms with Crippen molar-refractivity contribution in [2.75, 3.05) is 13.1 Å². The molecule has 9 heteroatoms. The van der Waals surface area contributed by atoms with E-state index in [4.69, 9.17) is 18.9 Å². The molecule has 4 atom stereocenters. The highest BCUT2D eigenvalue weighted by atomic mass is 16.6. The van der Waals surface area contributed by atoms with Crippen LogP contribution in [0, 0.1) is 0 Å². The second kappa shape index (κ2) is 16.5. The highest BCUT2D eigenvalue weighted by molar-refractivity contribution is 5.72. The van der Waals surface area contributed by atoms with Crippen LogP contribution >= 0.6 is 0 Å². The van der Waals surface area contributed by atoms with E-state index in [-0.39, 0.29) is 32.2 Å². The van der Waals surface area contributed by atoms with Crippen LogP contribution in [-0.2, 0) is 38.1 Å². The number of piperidine rings is 1. The number of nitrogens with zero attached hydrogens (tertiary/aromatic N) is 1. The summed E-state index contributed by atoms with van der Waals surface area (Å²) in [6.07, 6.45) is 0.842. The Balaban J connectivity index is 3.40. The van der Waals surface area contributed by atoms with Gasteiger partial charge in [0.15, 0.2) is 24.5 Å². The van der Waals surface area contributed by atoms with Crippen LogP contribution in [0.4, 0.5) is 0 Å². The van der Waals surface area contributed by atoms with Crippen molar-refractivity contribution in [3.63, 3.8) is 0 Å². The minimum Gasteiger partial charge on any atom is -0.457 e. The SMILES string of the molecule is CCCCN1C[C@H](OC(=O)CCC)[C@@H](OC(=O)CCC)[C@H](OC(=O)CCC)[C@H]1OC(=O)CCC. The fraction of sp³-hybridized carbons (Fsp3) is 0.840. The Bertz CT molecular complexity index is 653. The highest BCUT2D eigenvalue weighted by Gasteiger charge is 2.51. The monoisotopic (exact) mass is 485 g/mol. The molecule has 9 nitrogen and oxygen atoms in total. The van der Waals surface area contributed by atoms with Gasteiger partial charge in [-0.2, -0.15) is 0 Å². The third-order valence-electron chi connectivity index (χ3n) is 5.43. The first-order valence-corrected chi connectivity index (χ1v) is 12.8. The van der Waals surface area contributed by atoms with Crippen molar-refractivity contribution in [3.05, 3.63) is 0 Å². The molecule has 0 saturated carbocycles. The van der Waals surface area contributed by atoms with Crippen LogP contribution < -0.4 is 0 Å². The van der Waals surface area contributed by atoms with Gasteiger partial charge in [-0.05, 0) is 32.1 Å². The van der Waals surface area contributed by atoms with Gasteiger partial charge in [-0.15, -0.1) is 0 Å². The summed E-state index contributed by atoms with van der Waals surface area (Å²) in [5.74, 6) is -1.82. The minimum atomic E-state index is -1.11. The molecular formula is C25H43NO8. The van der Waals surface area contributed by atoms with Crippen LogP contribution in [0.5, 0.6) is 0 Å². The lowest BCUT2D eigenvalue weighted by atomic mass is 9.98. The van der Waals surface area contributed by atoms with Crippen molar-refractivity contribution >= 4 is 23.9 Å². The van der Waals surface area contributed by atoms with Crippen molar-refractivity contribution in [2.24, 2.45) is 0 Å². The molecule has 34 heavy (non-hydrogen) atoms. The van der Waals surface area contributed by atoms with Crippen LogP contribution in [0.25, 0.3) is 0 Å². The zero-order valence-corrected chi connectivity index (χ0v) is 21.5. The summed E-state index contributed by atoms with van der Waals surface area (Å²) in [5.41, 5.74) is 0. The summed E-state index contributed by atoms with van der Waals surface area (Å²) in [6.45, 7) is 10.2. The van der Waals surface area contributed by atoms with Crippen LogP contribution in [0.1, 0.15) is 98.8 Å². The number of carbonyl (C=O) groups is 4. The second-order valence-corrected chi connectivity index (χ2v) is 8.67. The van der Waals surface area contributed by atoms with Gasteiger partial charge in [0.25, 0.3) is 0 Å². The molecular weight excluding hydrogens is 442 g/mol. The van der Waals surface area contributed by atoms with Crippen LogP contribution in [0.15, 0.2) is 0 Å². The molecule has 1 rings (SSSR count). The Morgan fingerprint density at radius 2 is 1.06 bits per heavy atom. The molecule has 0 aromatic carbocycles. The van der Waals surface area contributed by atoms with Gasteiger partial charge in [-0.1, -0.05) is 41.0 Å². The van der Waals surface area contributed by atoms with Gasteiger partial charge in [0.05, 0.1) is 0 Å². The number of rotatable bonds is 15. The number of carbonyl (C=O) groups excluding carboxylic acids is 4. The number of hydrogen-bond acceptors (Lipinski definition) is 9. The lowest BCUT2D eigenvalue weighted by molar-refractivity contribution is -0.239. The normalized spacial score (nSPS) is 22.6. The maximum atomic E-state index is 12.5. The van der Waals surface area contributed by atoms with Crippen molar-refractivity contribution in [1.29, 1.82) is 0 Å². The summed E-state index contributed by atoms with van der Waals surface area (Å²) in [5, 5.41) is 0. The van der Waals surface area contributed by atoms with Gasteiger partial charge >= 0.3 is 23.9 Å². The number of unbranched alkanes of at least 4 members (excludes halogenated alkanes) is 1. The van der Waals surface area contributed by atoms with Gasteiger partial charge in [-0.25, -0.2) is 0 Å². The lowest BCUT2D eigenvalue weighted by Gasteiger charge is -2.46. The number of ether oxygens (including phenoxy) is 4. The highest BCUT2D eigenvalue weighted by Crippen LogP contribution is 2.29. The molecule has 0 amide bonds.